The first-order chi connectivity index (χ1) is 11.5. The standard InChI is InChI=1S/C23H41N/c1-5-7-8-9-10-11-12-13-14-15-16-21-19-20(6-2)17-18-22(21)23(3,4)24/h17-19H,5-16,24H2,1-4H3. The van der Waals surface area contributed by atoms with Crippen molar-refractivity contribution in [3.05, 3.63) is 34.9 Å². The fourth-order valence-corrected chi connectivity index (χ4v) is 3.51. The molecule has 1 nitrogen and oxygen atoms in total. The molecule has 0 spiro atoms. The lowest BCUT2D eigenvalue weighted by Gasteiger charge is -2.23. The van der Waals surface area contributed by atoms with Gasteiger partial charge in [-0.1, -0.05) is 89.8 Å². The third kappa shape index (κ3) is 8.33. The predicted molar refractivity (Wildman–Crippen MR) is 109 cm³/mol. The van der Waals surface area contributed by atoms with Gasteiger partial charge in [-0.3, -0.25) is 0 Å². The van der Waals surface area contributed by atoms with E-state index >= 15 is 0 Å². The Bertz CT molecular complexity index is 442. The maximum Gasteiger partial charge on any atom is 0.0355 e. The van der Waals surface area contributed by atoms with Crippen LogP contribution in [-0.2, 0) is 18.4 Å². The molecule has 0 aliphatic rings. The van der Waals surface area contributed by atoms with Gasteiger partial charge in [0.05, 0.1) is 0 Å². The maximum absolute atomic E-state index is 6.37. The summed E-state index contributed by atoms with van der Waals surface area (Å²) >= 11 is 0. The van der Waals surface area contributed by atoms with E-state index in [4.69, 9.17) is 5.73 Å². The Labute approximate surface area is 151 Å². The van der Waals surface area contributed by atoms with Gasteiger partial charge in [0.2, 0.25) is 0 Å². The van der Waals surface area contributed by atoms with Crippen molar-refractivity contribution in [2.45, 2.75) is 110 Å². The van der Waals surface area contributed by atoms with Gasteiger partial charge in [0, 0.05) is 5.54 Å². The highest BCUT2D eigenvalue weighted by Crippen LogP contribution is 2.25. The molecule has 0 amide bonds. The van der Waals surface area contributed by atoms with E-state index in [1.165, 1.54) is 87.3 Å². The highest BCUT2D eigenvalue weighted by molar-refractivity contribution is 5.36. The van der Waals surface area contributed by atoms with Gasteiger partial charge in [0.25, 0.3) is 0 Å². The average Bonchev–Trinajstić information content (AvgIpc) is 2.55. The fraction of sp³-hybridized carbons (Fsp3) is 0.739. The predicted octanol–water partition coefficient (Wildman–Crippen LogP) is 6.91. The number of nitrogens with two attached hydrogens (primary N) is 1. The molecule has 24 heavy (non-hydrogen) atoms. The summed E-state index contributed by atoms with van der Waals surface area (Å²) in [4.78, 5) is 0. The highest BCUT2D eigenvalue weighted by atomic mass is 14.7. The number of hydrogen-bond acceptors (Lipinski definition) is 1. The molecule has 0 bridgehead atoms. The van der Waals surface area contributed by atoms with Gasteiger partial charge in [-0.25, -0.2) is 0 Å². The topological polar surface area (TPSA) is 26.0 Å². The number of rotatable bonds is 13. The molecular formula is C23H41N. The summed E-state index contributed by atoms with van der Waals surface area (Å²) in [7, 11) is 0. The SMILES string of the molecule is CCCCCCCCCCCCc1cc(CC)ccc1C(C)(C)N. The van der Waals surface area contributed by atoms with Crippen LogP contribution in [0.2, 0.25) is 0 Å². The maximum atomic E-state index is 6.37. The lowest BCUT2D eigenvalue weighted by atomic mass is 9.87. The first kappa shape index (κ1) is 21.2. The molecule has 2 N–H and O–H groups in total. The van der Waals surface area contributed by atoms with E-state index in [-0.39, 0.29) is 5.54 Å². The molecule has 0 saturated heterocycles. The van der Waals surface area contributed by atoms with Gasteiger partial charge in [0.1, 0.15) is 0 Å². The lowest BCUT2D eigenvalue weighted by Crippen LogP contribution is -2.30. The van der Waals surface area contributed by atoms with Crippen molar-refractivity contribution in [3.63, 3.8) is 0 Å². The first-order valence-electron chi connectivity index (χ1n) is 10.4. The molecule has 138 valence electrons. The number of hydrogen-bond donors (Lipinski definition) is 1. The van der Waals surface area contributed by atoms with Gasteiger partial charge in [-0.2, -0.15) is 0 Å². The van der Waals surface area contributed by atoms with Crippen molar-refractivity contribution >= 4 is 0 Å². The van der Waals surface area contributed by atoms with Crippen LogP contribution in [0.15, 0.2) is 18.2 Å². The molecule has 0 radical (unpaired) electrons. The lowest BCUT2D eigenvalue weighted by molar-refractivity contribution is 0.538. The molecule has 0 fully saturated rings. The zero-order valence-electron chi connectivity index (χ0n) is 16.8. The summed E-state index contributed by atoms with van der Waals surface area (Å²) < 4.78 is 0. The largest absolute Gasteiger partial charge is 0.322 e. The monoisotopic (exact) mass is 331 g/mol. The second-order valence-electron chi connectivity index (χ2n) is 8.00. The van der Waals surface area contributed by atoms with Crippen LogP contribution in [0.4, 0.5) is 0 Å². The van der Waals surface area contributed by atoms with Crippen LogP contribution < -0.4 is 5.73 Å². The van der Waals surface area contributed by atoms with E-state index in [2.05, 4.69) is 45.9 Å². The Balaban J connectivity index is 2.29. The van der Waals surface area contributed by atoms with E-state index in [1.807, 2.05) is 0 Å². The average molecular weight is 332 g/mol. The van der Waals surface area contributed by atoms with Crippen LogP contribution in [0.25, 0.3) is 0 Å². The quantitative estimate of drug-likeness (QED) is 0.391. The fourth-order valence-electron chi connectivity index (χ4n) is 3.51. The van der Waals surface area contributed by atoms with E-state index in [0.717, 1.165) is 6.42 Å². The molecule has 0 aliphatic heterocycles. The molecule has 0 heterocycles. The Hall–Kier alpha value is -0.820. The van der Waals surface area contributed by atoms with Gasteiger partial charge >= 0.3 is 0 Å². The smallest absolute Gasteiger partial charge is 0.0355 e. The number of benzene rings is 1. The molecule has 0 aliphatic carbocycles. The van der Waals surface area contributed by atoms with Crippen LogP contribution in [0.1, 0.15) is 109 Å². The number of unbranched alkanes of at least 4 members (excludes halogenated alkanes) is 9. The summed E-state index contributed by atoms with van der Waals surface area (Å²) in [6.07, 6.45) is 16.2. The van der Waals surface area contributed by atoms with Gasteiger partial charge < -0.3 is 5.73 Å². The minimum atomic E-state index is -0.236. The molecule has 0 unspecified atom stereocenters. The minimum Gasteiger partial charge on any atom is -0.322 e. The number of aryl methyl sites for hydroxylation is 2. The summed E-state index contributed by atoms with van der Waals surface area (Å²) in [5.74, 6) is 0. The van der Waals surface area contributed by atoms with E-state index in [1.54, 1.807) is 0 Å². The minimum absolute atomic E-state index is 0.236. The van der Waals surface area contributed by atoms with Crippen LogP contribution >= 0.6 is 0 Å². The third-order valence-electron chi connectivity index (χ3n) is 5.07. The highest BCUT2D eigenvalue weighted by Gasteiger charge is 2.18. The first-order valence-corrected chi connectivity index (χ1v) is 10.4. The van der Waals surface area contributed by atoms with Crippen molar-refractivity contribution in [3.8, 4) is 0 Å². The van der Waals surface area contributed by atoms with Crippen LogP contribution in [0.3, 0.4) is 0 Å². The van der Waals surface area contributed by atoms with Crippen LogP contribution in [0.5, 0.6) is 0 Å². The summed E-state index contributed by atoms with van der Waals surface area (Å²) in [6, 6.07) is 6.88. The second kappa shape index (κ2) is 11.7. The van der Waals surface area contributed by atoms with Gasteiger partial charge in [-0.05, 0) is 49.8 Å². The Morgan fingerprint density at radius 1 is 0.792 bits per heavy atom. The van der Waals surface area contributed by atoms with Crippen LogP contribution in [0, 0.1) is 0 Å². The molecule has 1 rings (SSSR count). The normalized spacial score (nSPS) is 11.9. The molecule has 1 heteroatoms. The van der Waals surface area contributed by atoms with Gasteiger partial charge in [-0.15, -0.1) is 0 Å². The Morgan fingerprint density at radius 2 is 1.33 bits per heavy atom. The van der Waals surface area contributed by atoms with E-state index < -0.39 is 0 Å². The summed E-state index contributed by atoms with van der Waals surface area (Å²) in [5.41, 5.74) is 10.4. The zero-order valence-corrected chi connectivity index (χ0v) is 16.8. The van der Waals surface area contributed by atoms with E-state index in [0.29, 0.717) is 0 Å². The second-order valence-corrected chi connectivity index (χ2v) is 8.00. The molecule has 0 aromatic heterocycles. The molecular weight excluding hydrogens is 290 g/mol. The van der Waals surface area contributed by atoms with E-state index in [9.17, 15) is 0 Å². The van der Waals surface area contributed by atoms with Crippen LogP contribution in [-0.4, -0.2) is 0 Å². The van der Waals surface area contributed by atoms with Crippen molar-refractivity contribution in [2.75, 3.05) is 0 Å². The molecule has 0 atom stereocenters. The van der Waals surface area contributed by atoms with Crippen molar-refractivity contribution in [1.29, 1.82) is 0 Å². The zero-order chi connectivity index (χ0) is 17.8. The Morgan fingerprint density at radius 3 is 1.83 bits per heavy atom. The summed E-state index contributed by atoms with van der Waals surface area (Å²) in [5, 5.41) is 0. The van der Waals surface area contributed by atoms with Crippen molar-refractivity contribution < 1.29 is 0 Å². The Kier molecular flexibility index (Phi) is 10.3. The molecule has 1 aromatic rings. The molecule has 0 saturated carbocycles. The molecule has 1 aromatic carbocycles. The van der Waals surface area contributed by atoms with Gasteiger partial charge in [0.15, 0.2) is 0 Å². The summed E-state index contributed by atoms with van der Waals surface area (Å²) in [6.45, 7) is 8.76. The van der Waals surface area contributed by atoms with Crippen molar-refractivity contribution in [2.24, 2.45) is 5.73 Å². The van der Waals surface area contributed by atoms with Crippen molar-refractivity contribution in [1.82, 2.24) is 0 Å². The third-order valence-corrected chi connectivity index (χ3v) is 5.07.